The Morgan fingerprint density at radius 2 is 2.12 bits per heavy atom. The minimum atomic E-state index is 0.120. The maximum atomic E-state index is 12.7. The highest BCUT2D eigenvalue weighted by Crippen LogP contribution is 2.21. The molecule has 0 N–H and O–H groups in total. The van der Waals surface area contributed by atoms with Gasteiger partial charge in [0, 0.05) is 19.6 Å². The lowest BCUT2D eigenvalue weighted by Gasteiger charge is -2.33. The number of benzene rings is 1. The van der Waals surface area contributed by atoms with Crippen LogP contribution in [-0.2, 0) is 13.0 Å². The fraction of sp³-hybridized carbons (Fsp3) is 0.429. The van der Waals surface area contributed by atoms with E-state index >= 15 is 0 Å². The van der Waals surface area contributed by atoms with Crippen LogP contribution in [0.5, 0.6) is 0 Å². The molecular weight excluding hydrogens is 342 g/mol. The fourth-order valence-corrected chi connectivity index (χ4v) is 4.85. The molecule has 0 amide bonds. The zero-order chi connectivity index (χ0) is 17.9. The molecule has 3 aromatic rings. The van der Waals surface area contributed by atoms with Gasteiger partial charge in [-0.2, -0.15) is 0 Å². The van der Waals surface area contributed by atoms with Crippen molar-refractivity contribution in [2.75, 3.05) is 19.6 Å². The van der Waals surface area contributed by atoms with Gasteiger partial charge >= 0.3 is 0 Å². The number of fused-ring (bicyclic) bond motifs is 1. The smallest absolute Gasteiger partial charge is 0.271 e. The van der Waals surface area contributed by atoms with Crippen LogP contribution in [0.2, 0.25) is 0 Å². The fourth-order valence-electron chi connectivity index (χ4n) is 3.90. The first-order chi connectivity index (χ1) is 12.7. The lowest BCUT2D eigenvalue weighted by atomic mass is 9.97. The van der Waals surface area contributed by atoms with Crippen molar-refractivity contribution in [2.24, 2.45) is 5.92 Å². The van der Waals surface area contributed by atoms with E-state index in [-0.39, 0.29) is 5.56 Å². The maximum Gasteiger partial charge on any atom is 0.271 e. The van der Waals surface area contributed by atoms with E-state index in [1.54, 1.807) is 6.33 Å². The average Bonchev–Trinajstić information content (AvgIpc) is 3.05. The molecule has 1 aliphatic heterocycles. The van der Waals surface area contributed by atoms with Gasteiger partial charge in [-0.3, -0.25) is 9.36 Å². The molecule has 1 atom stereocenters. The molecule has 5 heteroatoms. The molecule has 136 valence electrons. The molecule has 0 radical (unpaired) electrons. The molecular formula is C21H25N3OS. The first-order valence-electron chi connectivity index (χ1n) is 9.40. The van der Waals surface area contributed by atoms with E-state index in [9.17, 15) is 4.79 Å². The number of aromatic nitrogens is 2. The molecule has 1 aliphatic rings. The minimum absolute atomic E-state index is 0.120. The summed E-state index contributed by atoms with van der Waals surface area (Å²) in [6.45, 7) is 6.12. The number of piperidine rings is 1. The Balaban J connectivity index is 1.40. The summed E-state index contributed by atoms with van der Waals surface area (Å²) >= 11 is 1.52. The summed E-state index contributed by atoms with van der Waals surface area (Å²) in [6.07, 6.45) is 5.24. The Morgan fingerprint density at radius 3 is 2.96 bits per heavy atom. The average molecular weight is 368 g/mol. The van der Waals surface area contributed by atoms with Crippen molar-refractivity contribution in [3.05, 3.63) is 63.5 Å². The van der Waals surface area contributed by atoms with Gasteiger partial charge in [-0.25, -0.2) is 4.98 Å². The number of aryl methyl sites for hydroxylation is 1. The van der Waals surface area contributed by atoms with Crippen LogP contribution in [0, 0.1) is 12.8 Å². The van der Waals surface area contributed by atoms with E-state index in [4.69, 9.17) is 0 Å². The predicted octanol–water partition coefficient (Wildman–Crippen LogP) is 3.72. The highest BCUT2D eigenvalue weighted by molar-refractivity contribution is 7.17. The lowest BCUT2D eigenvalue weighted by Crippen LogP contribution is -2.39. The maximum absolute atomic E-state index is 12.7. The van der Waals surface area contributed by atoms with E-state index < -0.39 is 0 Å². The first kappa shape index (κ1) is 17.4. The highest BCUT2D eigenvalue weighted by atomic mass is 32.1. The Labute approximate surface area is 158 Å². The van der Waals surface area contributed by atoms with E-state index in [1.807, 2.05) is 16.9 Å². The van der Waals surface area contributed by atoms with E-state index in [0.717, 1.165) is 41.8 Å². The predicted molar refractivity (Wildman–Crippen MR) is 108 cm³/mol. The van der Waals surface area contributed by atoms with Gasteiger partial charge in [0.15, 0.2) is 0 Å². The normalized spacial score (nSPS) is 18.4. The van der Waals surface area contributed by atoms with Crippen molar-refractivity contribution in [1.29, 1.82) is 0 Å². The van der Waals surface area contributed by atoms with Gasteiger partial charge in [0.25, 0.3) is 5.56 Å². The zero-order valence-electron chi connectivity index (χ0n) is 15.2. The second-order valence-corrected chi connectivity index (χ2v) is 8.22. The third-order valence-electron chi connectivity index (χ3n) is 5.34. The zero-order valence-corrected chi connectivity index (χ0v) is 16.0. The molecule has 4 rings (SSSR count). The molecule has 0 aliphatic carbocycles. The van der Waals surface area contributed by atoms with Gasteiger partial charge in [-0.05, 0) is 55.2 Å². The molecule has 4 nitrogen and oxygen atoms in total. The quantitative estimate of drug-likeness (QED) is 0.690. The Kier molecular flexibility index (Phi) is 5.18. The summed E-state index contributed by atoms with van der Waals surface area (Å²) in [4.78, 5) is 19.8. The molecule has 0 unspecified atom stereocenters. The number of hydrogen-bond donors (Lipinski definition) is 0. The number of thiophene rings is 1. The van der Waals surface area contributed by atoms with Crippen molar-refractivity contribution in [1.82, 2.24) is 14.5 Å². The lowest BCUT2D eigenvalue weighted by molar-refractivity contribution is 0.163. The number of rotatable bonds is 5. The van der Waals surface area contributed by atoms with Crippen molar-refractivity contribution in [3.63, 3.8) is 0 Å². The second-order valence-electron chi connectivity index (χ2n) is 7.34. The van der Waals surface area contributed by atoms with Crippen LogP contribution >= 0.6 is 11.3 Å². The molecule has 0 saturated carbocycles. The van der Waals surface area contributed by atoms with E-state index in [1.165, 1.54) is 36.3 Å². The number of hydrogen-bond acceptors (Lipinski definition) is 4. The van der Waals surface area contributed by atoms with Crippen molar-refractivity contribution in [3.8, 4) is 0 Å². The topological polar surface area (TPSA) is 38.1 Å². The Bertz CT molecular complexity index is 931. The van der Waals surface area contributed by atoms with Crippen LogP contribution in [0.15, 0.2) is 46.8 Å². The van der Waals surface area contributed by atoms with E-state index in [0.29, 0.717) is 5.92 Å². The van der Waals surface area contributed by atoms with Crippen LogP contribution in [-0.4, -0.2) is 34.1 Å². The number of likely N-dealkylation sites (tertiary alicyclic amines) is 1. The van der Waals surface area contributed by atoms with Crippen molar-refractivity contribution < 1.29 is 0 Å². The second kappa shape index (κ2) is 7.72. The Hall–Kier alpha value is -1.98. The molecule has 26 heavy (non-hydrogen) atoms. The van der Waals surface area contributed by atoms with Crippen LogP contribution < -0.4 is 5.56 Å². The third kappa shape index (κ3) is 3.74. The van der Waals surface area contributed by atoms with E-state index in [2.05, 4.69) is 40.2 Å². The highest BCUT2D eigenvalue weighted by Gasteiger charge is 2.21. The Morgan fingerprint density at radius 1 is 1.27 bits per heavy atom. The van der Waals surface area contributed by atoms with Crippen LogP contribution in [0.3, 0.4) is 0 Å². The van der Waals surface area contributed by atoms with Crippen LogP contribution in [0.4, 0.5) is 0 Å². The molecule has 2 aromatic heterocycles. The molecule has 0 spiro atoms. The van der Waals surface area contributed by atoms with Crippen LogP contribution in [0.1, 0.15) is 24.0 Å². The molecule has 1 aromatic carbocycles. The standard InChI is InChI=1S/C21H25N3OS/c1-16-14-26-20-19(16)22-15-24(21(20)25)13-18-8-5-10-23(12-18)11-9-17-6-3-2-4-7-17/h2-4,6-7,14-15,18H,5,8-13H2,1H3/t18-/m0/s1. The summed E-state index contributed by atoms with van der Waals surface area (Å²) < 4.78 is 2.62. The summed E-state index contributed by atoms with van der Waals surface area (Å²) in [5.41, 5.74) is 3.48. The van der Waals surface area contributed by atoms with Crippen molar-refractivity contribution in [2.45, 2.75) is 32.7 Å². The first-order valence-corrected chi connectivity index (χ1v) is 10.3. The molecule has 3 heterocycles. The molecule has 0 bridgehead atoms. The van der Waals surface area contributed by atoms with Gasteiger partial charge in [0.05, 0.1) is 11.8 Å². The van der Waals surface area contributed by atoms with Crippen molar-refractivity contribution >= 4 is 21.6 Å². The van der Waals surface area contributed by atoms with Gasteiger partial charge in [-0.15, -0.1) is 11.3 Å². The summed E-state index contributed by atoms with van der Waals surface area (Å²) in [5, 5.41) is 2.02. The monoisotopic (exact) mass is 367 g/mol. The van der Waals surface area contributed by atoms with Crippen LogP contribution in [0.25, 0.3) is 10.2 Å². The third-order valence-corrected chi connectivity index (χ3v) is 6.42. The molecule has 1 fully saturated rings. The minimum Gasteiger partial charge on any atom is -0.303 e. The summed E-state index contributed by atoms with van der Waals surface area (Å²) in [6, 6.07) is 10.7. The van der Waals surface area contributed by atoms with Gasteiger partial charge in [0.2, 0.25) is 0 Å². The summed E-state index contributed by atoms with van der Waals surface area (Å²) in [7, 11) is 0. The van der Waals surface area contributed by atoms with Gasteiger partial charge in [-0.1, -0.05) is 30.3 Å². The largest absolute Gasteiger partial charge is 0.303 e. The molecule has 1 saturated heterocycles. The number of nitrogens with zero attached hydrogens (tertiary/aromatic N) is 3. The van der Waals surface area contributed by atoms with Gasteiger partial charge < -0.3 is 4.90 Å². The van der Waals surface area contributed by atoms with Gasteiger partial charge in [0.1, 0.15) is 4.70 Å². The SMILES string of the molecule is Cc1csc2c(=O)n(C[C@H]3CCCN(CCc4ccccc4)C3)cnc12. The summed E-state index contributed by atoms with van der Waals surface area (Å²) in [5.74, 6) is 0.525.